The minimum absolute atomic E-state index is 0.161. The summed E-state index contributed by atoms with van der Waals surface area (Å²) in [6.45, 7) is 7.48. The number of para-hydroxylation sites is 1. The molecule has 1 fully saturated rings. The van der Waals surface area contributed by atoms with E-state index >= 15 is 0 Å². The molecule has 152 valence electrons. The molecule has 0 atom stereocenters. The second-order valence-corrected chi connectivity index (χ2v) is 9.27. The predicted octanol–water partition coefficient (Wildman–Crippen LogP) is 4.31. The van der Waals surface area contributed by atoms with Crippen LogP contribution in [-0.4, -0.2) is 47.1 Å². The normalized spacial score (nSPS) is 15.6. The van der Waals surface area contributed by atoms with E-state index in [1.807, 2.05) is 37.8 Å². The van der Waals surface area contributed by atoms with Crippen LogP contribution >= 0.6 is 11.3 Å². The van der Waals surface area contributed by atoms with Gasteiger partial charge in [0.25, 0.3) is 0 Å². The summed E-state index contributed by atoms with van der Waals surface area (Å²) in [6.07, 6.45) is 2.55. The standard InChI is InChI=1S/C21H29N3O3S/c1-21(2,3)27-20(26)22-12-6-9-18(25)24-13-10-15(11-14-24)19-23-16-7-4-5-8-17(16)28-19/h4-5,7-8,15H,6,9-14H2,1-3H3,(H,22,26). The van der Waals surface area contributed by atoms with Crippen molar-refractivity contribution in [3.8, 4) is 0 Å². The molecular formula is C21H29N3O3S. The van der Waals surface area contributed by atoms with Crippen LogP contribution in [0.1, 0.15) is 57.4 Å². The highest BCUT2D eigenvalue weighted by molar-refractivity contribution is 7.18. The lowest BCUT2D eigenvalue weighted by molar-refractivity contribution is -0.132. The van der Waals surface area contributed by atoms with Crippen LogP contribution in [0.25, 0.3) is 10.2 Å². The minimum atomic E-state index is -0.506. The Labute approximate surface area is 170 Å². The molecule has 0 radical (unpaired) electrons. The predicted molar refractivity (Wildman–Crippen MR) is 112 cm³/mol. The van der Waals surface area contributed by atoms with Crippen molar-refractivity contribution in [3.63, 3.8) is 0 Å². The van der Waals surface area contributed by atoms with Crippen molar-refractivity contribution >= 4 is 33.6 Å². The molecule has 3 rings (SSSR count). The number of nitrogens with one attached hydrogen (secondary N) is 1. The number of amides is 2. The van der Waals surface area contributed by atoms with E-state index in [0.717, 1.165) is 31.4 Å². The maximum Gasteiger partial charge on any atom is 0.407 e. The van der Waals surface area contributed by atoms with Gasteiger partial charge in [0.2, 0.25) is 5.91 Å². The topological polar surface area (TPSA) is 71.5 Å². The molecule has 0 saturated carbocycles. The van der Waals surface area contributed by atoms with Gasteiger partial charge in [0.15, 0.2) is 0 Å². The van der Waals surface area contributed by atoms with Gasteiger partial charge in [-0.05, 0) is 52.2 Å². The van der Waals surface area contributed by atoms with Crippen LogP contribution in [0.5, 0.6) is 0 Å². The Bertz CT molecular complexity index is 787. The molecule has 2 amide bonds. The van der Waals surface area contributed by atoms with Crippen LogP contribution in [0, 0.1) is 0 Å². The highest BCUT2D eigenvalue weighted by Gasteiger charge is 2.25. The zero-order valence-electron chi connectivity index (χ0n) is 16.9. The Morgan fingerprint density at radius 3 is 2.64 bits per heavy atom. The molecule has 2 heterocycles. The minimum Gasteiger partial charge on any atom is -0.444 e. The lowest BCUT2D eigenvalue weighted by Crippen LogP contribution is -2.38. The summed E-state index contributed by atoms with van der Waals surface area (Å²) < 4.78 is 6.42. The van der Waals surface area contributed by atoms with E-state index in [9.17, 15) is 9.59 Å². The molecule has 1 aliphatic rings. The summed E-state index contributed by atoms with van der Waals surface area (Å²) in [5.41, 5.74) is 0.562. The van der Waals surface area contributed by atoms with Crippen molar-refractivity contribution in [3.05, 3.63) is 29.3 Å². The smallest absolute Gasteiger partial charge is 0.407 e. The molecule has 1 aromatic heterocycles. The quantitative estimate of drug-likeness (QED) is 0.755. The molecule has 0 spiro atoms. The number of alkyl carbamates (subject to hydrolysis) is 1. The second-order valence-electron chi connectivity index (χ2n) is 8.21. The number of ether oxygens (including phenoxy) is 1. The third-order valence-electron chi connectivity index (χ3n) is 4.74. The lowest BCUT2D eigenvalue weighted by atomic mass is 9.97. The van der Waals surface area contributed by atoms with Crippen molar-refractivity contribution < 1.29 is 14.3 Å². The number of likely N-dealkylation sites (tertiary alicyclic amines) is 1. The highest BCUT2D eigenvalue weighted by Crippen LogP contribution is 2.33. The molecule has 7 heteroatoms. The average Bonchev–Trinajstić information content (AvgIpc) is 3.08. The third-order valence-corrected chi connectivity index (χ3v) is 5.94. The number of hydrogen-bond donors (Lipinski definition) is 1. The summed E-state index contributed by atoms with van der Waals surface area (Å²) >= 11 is 1.77. The van der Waals surface area contributed by atoms with Crippen molar-refractivity contribution in [2.75, 3.05) is 19.6 Å². The van der Waals surface area contributed by atoms with E-state index < -0.39 is 11.7 Å². The number of nitrogens with zero attached hydrogens (tertiary/aromatic N) is 2. The Morgan fingerprint density at radius 1 is 1.25 bits per heavy atom. The zero-order valence-corrected chi connectivity index (χ0v) is 17.7. The van der Waals surface area contributed by atoms with Crippen LogP contribution in [-0.2, 0) is 9.53 Å². The first-order valence-corrected chi connectivity index (χ1v) is 10.7. The van der Waals surface area contributed by atoms with Gasteiger partial charge in [-0.25, -0.2) is 9.78 Å². The van der Waals surface area contributed by atoms with Crippen LogP contribution in [0.3, 0.4) is 0 Å². The van der Waals surface area contributed by atoms with E-state index in [1.54, 1.807) is 11.3 Å². The molecule has 0 aliphatic carbocycles. The van der Waals surface area contributed by atoms with E-state index in [1.165, 1.54) is 9.71 Å². The van der Waals surface area contributed by atoms with Gasteiger partial charge >= 0.3 is 6.09 Å². The van der Waals surface area contributed by atoms with Gasteiger partial charge in [0.1, 0.15) is 5.60 Å². The number of benzene rings is 1. The first kappa shape index (κ1) is 20.6. The number of hydrogen-bond acceptors (Lipinski definition) is 5. The second kappa shape index (κ2) is 8.90. The van der Waals surface area contributed by atoms with E-state index in [2.05, 4.69) is 17.4 Å². The third kappa shape index (κ3) is 5.67. The summed E-state index contributed by atoms with van der Waals surface area (Å²) in [7, 11) is 0. The van der Waals surface area contributed by atoms with E-state index in [-0.39, 0.29) is 5.91 Å². The molecule has 1 saturated heterocycles. The maximum absolute atomic E-state index is 12.4. The average molecular weight is 404 g/mol. The van der Waals surface area contributed by atoms with Crippen molar-refractivity contribution in [2.24, 2.45) is 0 Å². The van der Waals surface area contributed by atoms with Crippen LogP contribution in [0.2, 0.25) is 0 Å². The summed E-state index contributed by atoms with van der Waals surface area (Å²) in [4.78, 5) is 30.7. The largest absolute Gasteiger partial charge is 0.444 e. The zero-order chi connectivity index (χ0) is 20.1. The summed E-state index contributed by atoms with van der Waals surface area (Å²) in [5, 5.41) is 3.89. The Morgan fingerprint density at radius 2 is 1.96 bits per heavy atom. The molecule has 1 N–H and O–H groups in total. The van der Waals surface area contributed by atoms with Gasteiger partial charge in [-0.3, -0.25) is 4.79 Å². The van der Waals surface area contributed by atoms with Gasteiger partial charge in [0.05, 0.1) is 15.2 Å². The fourth-order valence-electron chi connectivity index (χ4n) is 3.34. The van der Waals surface area contributed by atoms with Crippen LogP contribution in [0.15, 0.2) is 24.3 Å². The molecule has 2 aromatic rings. The number of carbonyl (C=O) groups excluding carboxylic acids is 2. The Kier molecular flexibility index (Phi) is 6.54. The first-order chi connectivity index (χ1) is 13.3. The number of aromatic nitrogens is 1. The van der Waals surface area contributed by atoms with Gasteiger partial charge in [-0.1, -0.05) is 12.1 Å². The van der Waals surface area contributed by atoms with Gasteiger partial charge in [-0.2, -0.15) is 0 Å². The molecule has 1 aliphatic heterocycles. The number of carbonyl (C=O) groups is 2. The van der Waals surface area contributed by atoms with Crippen LogP contribution < -0.4 is 5.32 Å². The first-order valence-electron chi connectivity index (χ1n) is 9.92. The fraction of sp³-hybridized carbons (Fsp3) is 0.571. The van der Waals surface area contributed by atoms with Gasteiger partial charge in [-0.15, -0.1) is 11.3 Å². The molecule has 6 nitrogen and oxygen atoms in total. The number of piperidine rings is 1. The monoisotopic (exact) mass is 403 g/mol. The molecule has 0 unspecified atom stereocenters. The summed E-state index contributed by atoms with van der Waals surface area (Å²) in [5.74, 6) is 0.601. The van der Waals surface area contributed by atoms with E-state index in [0.29, 0.717) is 25.3 Å². The Hall–Kier alpha value is -2.15. The highest BCUT2D eigenvalue weighted by atomic mass is 32.1. The van der Waals surface area contributed by atoms with Crippen molar-refractivity contribution in [2.45, 2.75) is 58.0 Å². The van der Waals surface area contributed by atoms with E-state index in [4.69, 9.17) is 9.72 Å². The molecular weight excluding hydrogens is 374 g/mol. The Balaban J connectivity index is 1.38. The van der Waals surface area contributed by atoms with Crippen molar-refractivity contribution in [1.29, 1.82) is 0 Å². The lowest BCUT2D eigenvalue weighted by Gasteiger charge is -2.31. The summed E-state index contributed by atoms with van der Waals surface area (Å²) in [6, 6.07) is 8.23. The van der Waals surface area contributed by atoms with Crippen molar-refractivity contribution in [1.82, 2.24) is 15.2 Å². The number of fused-ring (bicyclic) bond motifs is 1. The van der Waals surface area contributed by atoms with Crippen LogP contribution in [0.4, 0.5) is 4.79 Å². The van der Waals surface area contributed by atoms with Gasteiger partial charge in [0, 0.05) is 32.0 Å². The van der Waals surface area contributed by atoms with Gasteiger partial charge < -0.3 is 15.0 Å². The SMILES string of the molecule is CC(C)(C)OC(=O)NCCCC(=O)N1CCC(c2nc3ccccc3s2)CC1. The number of rotatable bonds is 5. The molecule has 28 heavy (non-hydrogen) atoms. The fourth-order valence-corrected chi connectivity index (χ4v) is 4.48. The molecule has 1 aromatic carbocycles. The molecule has 0 bridgehead atoms. The maximum atomic E-state index is 12.4. The number of thiazole rings is 1.